The predicted molar refractivity (Wildman–Crippen MR) is 57.8 cm³/mol. The quantitative estimate of drug-likeness (QED) is 0.659. The zero-order valence-corrected chi connectivity index (χ0v) is 8.55. The highest BCUT2D eigenvalue weighted by molar-refractivity contribution is 5.07. The Morgan fingerprint density at radius 1 is 1.50 bits per heavy atom. The summed E-state index contributed by atoms with van der Waals surface area (Å²) in [6, 6.07) is 2.10. The van der Waals surface area contributed by atoms with Crippen LogP contribution in [0.3, 0.4) is 0 Å². The Balaban J connectivity index is 1.72. The second-order valence-electron chi connectivity index (χ2n) is 4.38. The summed E-state index contributed by atoms with van der Waals surface area (Å²) in [6.45, 7) is 2.84. The highest BCUT2D eigenvalue weighted by Crippen LogP contribution is 2.39. The maximum Gasteiger partial charge on any atom is 0.0220 e. The minimum atomic E-state index is 0.413. The third-order valence-corrected chi connectivity index (χ3v) is 3.34. The van der Waals surface area contributed by atoms with Gasteiger partial charge < -0.3 is 16.0 Å². The van der Waals surface area contributed by atoms with Crippen molar-refractivity contribution in [1.29, 1.82) is 0 Å². The van der Waals surface area contributed by atoms with E-state index in [1.54, 1.807) is 0 Å². The summed E-state index contributed by atoms with van der Waals surface area (Å²) in [4.78, 5) is 3.05. The van der Waals surface area contributed by atoms with Gasteiger partial charge in [-0.1, -0.05) is 6.42 Å². The number of aromatic amines is 1. The fourth-order valence-electron chi connectivity index (χ4n) is 2.07. The molecular weight excluding hydrogens is 174 g/mol. The van der Waals surface area contributed by atoms with Crippen LogP contribution in [0.15, 0.2) is 18.5 Å². The molecule has 14 heavy (non-hydrogen) atoms. The van der Waals surface area contributed by atoms with E-state index in [2.05, 4.69) is 16.4 Å². The molecule has 4 N–H and O–H groups in total. The average molecular weight is 193 g/mol. The first kappa shape index (κ1) is 9.74. The Labute approximate surface area is 85.1 Å². The van der Waals surface area contributed by atoms with E-state index in [0.717, 1.165) is 19.6 Å². The van der Waals surface area contributed by atoms with Crippen LogP contribution in [0.1, 0.15) is 24.8 Å². The number of H-pyrrole nitrogens is 1. The molecule has 0 unspecified atom stereocenters. The van der Waals surface area contributed by atoms with Gasteiger partial charge in [-0.05, 0) is 36.4 Å². The number of hydrogen-bond acceptors (Lipinski definition) is 2. The molecule has 1 aliphatic rings. The topological polar surface area (TPSA) is 53.8 Å². The van der Waals surface area contributed by atoms with Gasteiger partial charge in [0, 0.05) is 25.5 Å². The van der Waals surface area contributed by atoms with Crippen LogP contribution < -0.4 is 11.1 Å². The molecule has 0 aliphatic heterocycles. The molecule has 0 saturated heterocycles. The predicted octanol–water partition coefficient (Wildman–Crippen LogP) is 1.23. The summed E-state index contributed by atoms with van der Waals surface area (Å²) in [5.41, 5.74) is 7.51. The van der Waals surface area contributed by atoms with Gasteiger partial charge in [0.1, 0.15) is 0 Å². The lowest BCUT2D eigenvalue weighted by Gasteiger charge is -2.41. The van der Waals surface area contributed by atoms with Crippen molar-refractivity contribution < 1.29 is 0 Å². The van der Waals surface area contributed by atoms with Crippen LogP contribution in [-0.4, -0.2) is 18.1 Å². The molecule has 2 rings (SSSR count). The molecule has 3 nitrogen and oxygen atoms in total. The molecule has 0 bridgehead atoms. The van der Waals surface area contributed by atoms with E-state index in [1.165, 1.54) is 24.8 Å². The van der Waals surface area contributed by atoms with Crippen molar-refractivity contribution >= 4 is 0 Å². The third kappa shape index (κ3) is 1.99. The lowest BCUT2D eigenvalue weighted by molar-refractivity contribution is 0.141. The zero-order chi connectivity index (χ0) is 9.86. The number of hydrogen-bond donors (Lipinski definition) is 3. The summed E-state index contributed by atoms with van der Waals surface area (Å²) >= 11 is 0. The van der Waals surface area contributed by atoms with Crippen molar-refractivity contribution in [3.05, 3.63) is 24.0 Å². The SMILES string of the molecule is NCC1(CNCc2cc[nH]c2)CCC1. The van der Waals surface area contributed by atoms with E-state index < -0.39 is 0 Å². The molecule has 0 atom stereocenters. The molecule has 0 radical (unpaired) electrons. The van der Waals surface area contributed by atoms with Crippen LogP contribution in [0.4, 0.5) is 0 Å². The lowest BCUT2D eigenvalue weighted by Crippen LogP contribution is -2.45. The minimum Gasteiger partial charge on any atom is -0.367 e. The molecule has 0 spiro atoms. The Morgan fingerprint density at radius 2 is 2.36 bits per heavy atom. The van der Waals surface area contributed by atoms with E-state index in [1.807, 2.05) is 12.4 Å². The zero-order valence-electron chi connectivity index (χ0n) is 8.55. The largest absolute Gasteiger partial charge is 0.367 e. The average Bonchev–Trinajstić information content (AvgIpc) is 2.62. The molecule has 78 valence electrons. The number of nitrogens with one attached hydrogen (secondary N) is 2. The second kappa shape index (κ2) is 4.15. The van der Waals surface area contributed by atoms with Gasteiger partial charge in [-0.3, -0.25) is 0 Å². The maximum atomic E-state index is 5.78. The normalized spacial score (nSPS) is 19.2. The Morgan fingerprint density at radius 3 is 2.86 bits per heavy atom. The number of rotatable bonds is 5. The van der Waals surface area contributed by atoms with Gasteiger partial charge in [0.25, 0.3) is 0 Å². The first-order valence-electron chi connectivity index (χ1n) is 5.37. The van der Waals surface area contributed by atoms with Gasteiger partial charge in [0.2, 0.25) is 0 Å². The standard InChI is InChI=1S/C11H19N3/c12-8-11(3-1-4-11)9-14-7-10-2-5-13-6-10/h2,5-6,13-14H,1,3-4,7-9,12H2. The van der Waals surface area contributed by atoms with Crippen molar-refractivity contribution in [1.82, 2.24) is 10.3 Å². The molecular formula is C11H19N3. The first-order chi connectivity index (χ1) is 6.85. The van der Waals surface area contributed by atoms with Crippen LogP contribution in [0.5, 0.6) is 0 Å². The highest BCUT2D eigenvalue weighted by atomic mass is 14.9. The summed E-state index contributed by atoms with van der Waals surface area (Å²) in [6.07, 6.45) is 7.93. The van der Waals surface area contributed by atoms with Crippen LogP contribution in [-0.2, 0) is 6.54 Å². The summed E-state index contributed by atoms with van der Waals surface area (Å²) in [5, 5.41) is 3.48. The van der Waals surface area contributed by atoms with Gasteiger partial charge >= 0.3 is 0 Å². The van der Waals surface area contributed by atoms with E-state index in [-0.39, 0.29) is 0 Å². The molecule has 1 aromatic rings. The van der Waals surface area contributed by atoms with E-state index in [9.17, 15) is 0 Å². The van der Waals surface area contributed by atoms with Crippen molar-refractivity contribution in [3.8, 4) is 0 Å². The Hall–Kier alpha value is -0.800. The van der Waals surface area contributed by atoms with Gasteiger partial charge in [-0.15, -0.1) is 0 Å². The summed E-state index contributed by atoms with van der Waals surface area (Å²) in [5.74, 6) is 0. The van der Waals surface area contributed by atoms with Gasteiger partial charge in [-0.2, -0.15) is 0 Å². The second-order valence-corrected chi connectivity index (χ2v) is 4.38. The first-order valence-corrected chi connectivity index (χ1v) is 5.37. The van der Waals surface area contributed by atoms with Crippen molar-refractivity contribution in [2.45, 2.75) is 25.8 Å². The smallest absolute Gasteiger partial charge is 0.0220 e. The summed E-state index contributed by atoms with van der Waals surface area (Å²) in [7, 11) is 0. The fraction of sp³-hybridized carbons (Fsp3) is 0.636. The molecule has 1 aliphatic carbocycles. The maximum absolute atomic E-state index is 5.78. The third-order valence-electron chi connectivity index (χ3n) is 3.34. The van der Waals surface area contributed by atoms with Gasteiger partial charge in [0.05, 0.1) is 0 Å². The van der Waals surface area contributed by atoms with E-state index in [0.29, 0.717) is 5.41 Å². The number of aromatic nitrogens is 1. The van der Waals surface area contributed by atoms with Gasteiger partial charge in [-0.25, -0.2) is 0 Å². The number of nitrogens with two attached hydrogens (primary N) is 1. The fourth-order valence-corrected chi connectivity index (χ4v) is 2.07. The lowest BCUT2D eigenvalue weighted by atomic mass is 9.69. The minimum absolute atomic E-state index is 0.413. The molecule has 1 saturated carbocycles. The summed E-state index contributed by atoms with van der Waals surface area (Å²) < 4.78 is 0. The Kier molecular flexibility index (Phi) is 2.89. The molecule has 0 aromatic carbocycles. The van der Waals surface area contributed by atoms with E-state index >= 15 is 0 Å². The van der Waals surface area contributed by atoms with Crippen LogP contribution in [0, 0.1) is 5.41 Å². The molecule has 0 amide bonds. The molecule has 1 fully saturated rings. The van der Waals surface area contributed by atoms with E-state index in [4.69, 9.17) is 5.73 Å². The van der Waals surface area contributed by atoms with Crippen molar-refractivity contribution in [2.75, 3.05) is 13.1 Å². The van der Waals surface area contributed by atoms with Gasteiger partial charge in [0.15, 0.2) is 0 Å². The molecule has 3 heteroatoms. The van der Waals surface area contributed by atoms with Crippen molar-refractivity contribution in [3.63, 3.8) is 0 Å². The van der Waals surface area contributed by atoms with Crippen molar-refractivity contribution in [2.24, 2.45) is 11.1 Å². The monoisotopic (exact) mass is 193 g/mol. The Bertz CT molecular complexity index is 257. The van der Waals surface area contributed by atoms with Crippen LogP contribution >= 0.6 is 0 Å². The highest BCUT2D eigenvalue weighted by Gasteiger charge is 2.34. The van der Waals surface area contributed by atoms with Crippen LogP contribution in [0.25, 0.3) is 0 Å². The van der Waals surface area contributed by atoms with Crippen LogP contribution in [0.2, 0.25) is 0 Å². The molecule has 1 heterocycles. The molecule has 1 aromatic heterocycles.